The lowest BCUT2D eigenvalue weighted by molar-refractivity contribution is -0.0377. The second kappa shape index (κ2) is 7.69. The third kappa shape index (κ3) is 5.23. The number of ether oxygens (including phenoxy) is 1. The summed E-state index contributed by atoms with van der Waals surface area (Å²) in [6.07, 6.45) is 0.834. The molecule has 1 aromatic carbocycles. The van der Waals surface area contributed by atoms with Crippen molar-refractivity contribution in [3.05, 3.63) is 35.4 Å². The van der Waals surface area contributed by atoms with E-state index in [4.69, 9.17) is 4.74 Å². The van der Waals surface area contributed by atoms with Crippen LogP contribution in [0.25, 0.3) is 0 Å². The Morgan fingerprint density at radius 3 is 2.71 bits per heavy atom. The van der Waals surface area contributed by atoms with Crippen LogP contribution in [0.15, 0.2) is 24.3 Å². The lowest BCUT2D eigenvalue weighted by atomic mass is 10.1. The van der Waals surface area contributed by atoms with Crippen LogP contribution in [0.1, 0.15) is 22.3 Å². The van der Waals surface area contributed by atoms with Gasteiger partial charge in [-0.15, -0.1) is 0 Å². The molecule has 0 radical (unpaired) electrons. The molecule has 1 atom stereocenters. The fraction of sp³-hybridized carbons (Fsp3) is 0.588. The highest BCUT2D eigenvalue weighted by Gasteiger charge is 2.21. The smallest absolute Gasteiger partial charge is 0.164 e. The Hall–Kier alpha value is -1.23. The number of morpholine rings is 1. The Morgan fingerprint density at radius 2 is 2.05 bits per heavy atom. The maximum absolute atomic E-state index is 12.2. The minimum atomic E-state index is 0.227. The first-order valence-corrected chi connectivity index (χ1v) is 7.63. The van der Waals surface area contributed by atoms with Gasteiger partial charge in [-0.3, -0.25) is 9.69 Å². The van der Waals surface area contributed by atoms with Crippen LogP contribution in [-0.4, -0.2) is 68.6 Å². The van der Waals surface area contributed by atoms with E-state index in [0.29, 0.717) is 6.42 Å². The molecule has 0 aromatic heterocycles. The van der Waals surface area contributed by atoms with Gasteiger partial charge in [0.15, 0.2) is 5.78 Å². The third-order valence-electron chi connectivity index (χ3n) is 3.82. The number of carbonyl (C=O) groups excluding carboxylic acids is 1. The lowest BCUT2D eigenvalue weighted by Crippen LogP contribution is -2.46. The molecule has 1 heterocycles. The minimum absolute atomic E-state index is 0.227. The Balaban J connectivity index is 1.79. The van der Waals surface area contributed by atoms with Crippen LogP contribution >= 0.6 is 0 Å². The fourth-order valence-electron chi connectivity index (χ4n) is 2.64. The molecule has 4 heteroatoms. The summed E-state index contributed by atoms with van der Waals surface area (Å²) in [6.45, 7) is 6.39. The van der Waals surface area contributed by atoms with E-state index in [1.807, 2.05) is 31.2 Å². The van der Waals surface area contributed by atoms with Gasteiger partial charge < -0.3 is 9.64 Å². The van der Waals surface area contributed by atoms with E-state index < -0.39 is 0 Å². The highest BCUT2D eigenvalue weighted by atomic mass is 16.5. The van der Waals surface area contributed by atoms with Gasteiger partial charge in [0.2, 0.25) is 0 Å². The zero-order chi connectivity index (χ0) is 15.2. The van der Waals surface area contributed by atoms with Crippen molar-refractivity contribution in [3.8, 4) is 0 Å². The van der Waals surface area contributed by atoms with Crippen molar-refractivity contribution in [2.24, 2.45) is 0 Å². The number of benzene rings is 1. The molecule has 4 nitrogen and oxygen atoms in total. The molecule has 1 aliphatic rings. The fourth-order valence-corrected chi connectivity index (χ4v) is 2.64. The first kappa shape index (κ1) is 16.1. The maximum atomic E-state index is 12.2. The molecule has 0 unspecified atom stereocenters. The van der Waals surface area contributed by atoms with Crippen LogP contribution in [-0.2, 0) is 4.74 Å². The Bertz CT molecular complexity index is 456. The molecule has 0 amide bonds. The predicted octanol–water partition coefficient (Wildman–Crippen LogP) is 1.83. The van der Waals surface area contributed by atoms with Gasteiger partial charge in [-0.05, 0) is 21.0 Å². The van der Waals surface area contributed by atoms with Gasteiger partial charge in [-0.25, -0.2) is 0 Å². The van der Waals surface area contributed by atoms with Crippen molar-refractivity contribution in [1.29, 1.82) is 0 Å². The van der Waals surface area contributed by atoms with Crippen molar-refractivity contribution in [2.75, 3.05) is 46.9 Å². The Labute approximate surface area is 127 Å². The van der Waals surface area contributed by atoms with Crippen LogP contribution in [0.2, 0.25) is 0 Å². The van der Waals surface area contributed by atoms with E-state index in [1.54, 1.807) is 0 Å². The SMILES string of the molecule is Cc1ccc(C(=O)CCN2CCO[C@H](CN(C)C)C2)cc1. The number of nitrogens with zero attached hydrogens (tertiary/aromatic N) is 2. The summed E-state index contributed by atoms with van der Waals surface area (Å²) in [4.78, 5) is 16.7. The van der Waals surface area contributed by atoms with E-state index in [0.717, 1.165) is 38.3 Å². The topological polar surface area (TPSA) is 32.8 Å². The molecule has 1 saturated heterocycles. The van der Waals surface area contributed by atoms with Crippen molar-refractivity contribution in [3.63, 3.8) is 0 Å². The van der Waals surface area contributed by atoms with Gasteiger partial charge in [0.25, 0.3) is 0 Å². The third-order valence-corrected chi connectivity index (χ3v) is 3.82. The molecule has 2 rings (SSSR count). The van der Waals surface area contributed by atoms with E-state index in [-0.39, 0.29) is 11.9 Å². The molecule has 0 aliphatic carbocycles. The molecule has 0 bridgehead atoms. The summed E-state index contributed by atoms with van der Waals surface area (Å²) >= 11 is 0. The minimum Gasteiger partial charge on any atom is -0.374 e. The Kier molecular flexibility index (Phi) is 5.91. The number of hydrogen-bond acceptors (Lipinski definition) is 4. The van der Waals surface area contributed by atoms with Gasteiger partial charge >= 0.3 is 0 Å². The van der Waals surface area contributed by atoms with Crippen LogP contribution in [0.5, 0.6) is 0 Å². The molecule has 21 heavy (non-hydrogen) atoms. The van der Waals surface area contributed by atoms with Crippen LogP contribution in [0.3, 0.4) is 0 Å². The van der Waals surface area contributed by atoms with Crippen LogP contribution < -0.4 is 0 Å². The maximum Gasteiger partial charge on any atom is 0.164 e. The van der Waals surface area contributed by atoms with Gasteiger partial charge in [0, 0.05) is 38.2 Å². The van der Waals surface area contributed by atoms with E-state index in [9.17, 15) is 4.79 Å². The largest absolute Gasteiger partial charge is 0.374 e. The van der Waals surface area contributed by atoms with Crippen molar-refractivity contribution in [2.45, 2.75) is 19.4 Å². The summed E-state index contributed by atoms with van der Waals surface area (Å²) in [7, 11) is 4.12. The van der Waals surface area contributed by atoms with E-state index in [1.165, 1.54) is 5.56 Å². The number of likely N-dealkylation sites (N-methyl/N-ethyl adjacent to an activating group) is 1. The molecular weight excluding hydrogens is 264 g/mol. The first-order valence-electron chi connectivity index (χ1n) is 7.63. The first-order chi connectivity index (χ1) is 10.0. The highest BCUT2D eigenvalue weighted by Crippen LogP contribution is 2.10. The van der Waals surface area contributed by atoms with Crippen molar-refractivity contribution >= 4 is 5.78 Å². The summed E-state index contributed by atoms with van der Waals surface area (Å²) in [5.41, 5.74) is 2.00. The molecule has 1 aliphatic heterocycles. The number of carbonyl (C=O) groups is 1. The number of hydrogen-bond donors (Lipinski definition) is 0. The van der Waals surface area contributed by atoms with Gasteiger partial charge in [0.1, 0.15) is 0 Å². The molecular formula is C17H26N2O2. The standard InChI is InChI=1S/C17H26N2O2/c1-14-4-6-15(7-5-14)17(20)8-9-19-10-11-21-16(13-19)12-18(2)3/h4-7,16H,8-13H2,1-3H3/t16-/m1/s1. The van der Waals surface area contributed by atoms with Gasteiger partial charge in [0.05, 0.1) is 12.7 Å². The zero-order valence-corrected chi connectivity index (χ0v) is 13.3. The molecule has 116 valence electrons. The summed E-state index contributed by atoms with van der Waals surface area (Å²) in [6, 6.07) is 7.84. The molecule has 1 fully saturated rings. The molecule has 0 spiro atoms. The second-order valence-electron chi connectivity index (χ2n) is 6.09. The van der Waals surface area contributed by atoms with Gasteiger partial charge in [-0.1, -0.05) is 29.8 Å². The van der Waals surface area contributed by atoms with E-state index >= 15 is 0 Å². The average Bonchev–Trinajstić information content (AvgIpc) is 2.45. The highest BCUT2D eigenvalue weighted by molar-refractivity contribution is 5.96. The van der Waals surface area contributed by atoms with Crippen molar-refractivity contribution < 1.29 is 9.53 Å². The zero-order valence-electron chi connectivity index (χ0n) is 13.3. The van der Waals surface area contributed by atoms with Crippen molar-refractivity contribution in [1.82, 2.24) is 9.80 Å². The second-order valence-corrected chi connectivity index (χ2v) is 6.09. The molecule has 0 saturated carbocycles. The quantitative estimate of drug-likeness (QED) is 0.748. The number of aryl methyl sites for hydroxylation is 1. The molecule has 0 N–H and O–H groups in total. The lowest BCUT2D eigenvalue weighted by Gasteiger charge is -2.34. The predicted molar refractivity (Wildman–Crippen MR) is 84.9 cm³/mol. The molecule has 1 aromatic rings. The number of ketones is 1. The number of rotatable bonds is 6. The van der Waals surface area contributed by atoms with E-state index in [2.05, 4.69) is 23.9 Å². The Morgan fingerprint density at radius 1 is 1.33 bits per heavy atom. The number of Topliss-reactive ketones (excluding diaryl/α,β-unsaturated/α-hetero) is 1. The average molecular weight is 290 g/mol. The monoisotopic (exact) mass is 290 g/mol. The van der Waals surface area contributed by atoms with Crippen LogP contribution in [0.4, 0.5) is 0 Å². The normalized spacial score (nSPS) is 19.9. The summed E-state index contributed by atoms with van der Waals surface area (Å²) in [5, 5.41) is 0. The summed E-state index contributed by atoms with van der Waals surface area (Å²) < 4.78 is 5.76. The van der Waals surface area contributed by atoms with Gasteiger partial charge in [-0.2, -0.15) is 0 Å². The summed E-state index contributed by atoms with van der Waals surface area (Å²) in [5.74, 6) is 0.227. The van der Waals surface area contributed by atoms with Crippen LogP contribution in [0, 0.1) is 6.92 Å².